The standard InChI is InChI=1S/C15H22N4O3/c1-10(11-6-16-18(2)7-11)17-14(22)19-8-12-4-3-5-15(12,9-19)13(20)21/h6-7,10,12H,3-5,8-9H2,1-2H3,(H,17,22)(H,20,21)/t10?,12-,15+/m0/s1. The van der Waals surface area contributed by atoms with Crippen molar-refractivity contribution in [3.63, 3.8) is 0 Å². The number of hydrogen-bond donors (Lipinski definition) is 2. The number of fused-ring (bicyclic) bond motifs is 1. The fraction of sp³-hybridized carbons (Fsp3) is 0.667. The highest BCUT2D eigenvalue weighted by molar-refractivity contribution is 5.80. The molecule has 2 fully saturated rings. The molecular formula is C15H22N4O3. The molecule has 1 aromatic heterocycles. The van der Waals surface area contributed by atoms with Crippen molar-refractivity contribution in [2.24, 2.45) is 18.4 Å². The van der Waals surface area contributed by atoms with E-state index in [0.717, 1.165) is 18.4 Å². The zero-order valence-electron chi connectivity index (χ0n) is 13.0. The van der Waals surface area contributed by atoms with E-state index in [1.54, 1.807) is 15.8 Å². The molecule has 120 valence electrons. The van der Waals surface area contributed by atoms with Gasteiger partial charge in [0, 0.05) is 31.9 Å². The zero-order chi connectivity index (χ0) is 15.9. The van der Waals surface area contributed by atoms with E-state index in [2.05, 4.69) is 10.4 Å². The highest BCUT2D eigenvalue weighted by atomic mass is 16.4. The van der Waals surface area contributed by atoms with Gasteiger partial charge in [0.1, 0.15) is 0 Å². The third kappa shape index (κ3) is 2.34. The van der Waals surface area contributed by atoms with Gasteiger partial charge in [-0.25, -0.2) is 4.79 Å². The van der Waals surface area contributed by atoms with Crippen molar-refractivity contribution in [2.75, 3.05) is 13.1 Å². The molecule has 1 saturated carbocycles. The number of likely N-dealkylation sites (tertiary alicyclic amines) is 1. The van der Waals surface area contributed by atoms with E-state index in [9.17, 15) is 14.7 Å². The minimum Gasteiger partial charge on any atom is -0.481 e. The van der Waals surface area contributed by atoms with Crippen LogP contribution in [0.25, 0.3) is 0 Å². The molecule has 2 amide bonds. The van der Waals surface area contributed by atoms with Crippen LogP contribution in [0.2, 0.25) is 0 Å². The number of nitrogens with one attached hydrogen (secondary N) is 1. The topological polar surface area (TPSA) is 87.5 Å². The second kappa shape index (κ2) is 5.30. The van der Waals surface area contributed by atoms with Crippen LogP contribution < -0.4 is 5.32 Å². The Morgan fingerprint density at radius 2 is 2.32 bits per heavy atom. The Balaban J connectivity index is 1.66. The number of carbonyl (C=O) groups excluding carboxylic acids is 1. The molecule has 2 N–H and O–H groups in total. The maximum atomic E-state index is 12.4. The lowest BCUT2D eigenvalue weighted by atomic mass is 9.81. The Morgan fingerprint density at radius 3 is 2.91 bits per heavy atom. The van der Waals surface area contributed by atoms with Gasteiger partial charge in [0.15, 0.2) is 0 Å². The first-order chi connectivity index (χ1) is 10.4. The normalized spacial score (nSPS) is 28.5. The number of aliphatic carboxylic acids is 1. The van der Waals surface area contributed by atoms with Crippen molar-refractivity contribution >= 4 is 12.0 Å². The number of carboxylic acid groups (broad SMARTS) is 1. The fourth-order valence-electron chi connectivity index (χ4n) is 3.82. The zero-order valence-corrected chi connectivity index (χ0v) is 13.0. The lowest BCUT2D eigenvalue weighted by Crippen LogP contribution is -2.42. The van der Waals surface area contributed by atoms with E-state index in [-0.39, 0.29) is 18.0 Å². The third-order valence-corrected chi connectivity index (χ3v) is 5.15. The van der Waals surface area contributed by atoms with Crippen LogP contribution in [0.5, 0.6) is 0 Å². The molecule has 0 bridgehead atoms. The van der Waals surface area contributed by atoms with Crippen LogP contribution in [-0.2, 0) is 11.8 Å². The van der Waals surface area contributed by atoms with Crippen LogP contribution >= 0.6 is 0 Å². The lowest BCUT2D eigenvalue weighted by molar-refractivity contribution is -0.149. The fourth-order valence-corrected chi connectivity index (χ4v) is 3.82. The average Bonchev–Trinajstić information content (AvgIpc) is 3.10. The summed E-state index contributed by atoms with van der Waals surface area (Å²) in [5.74, 6) is -0.671. The maximum absolute atomic E-state index is 12.4. The minimum absolute atomic E-state index is 0.0875. The molecule has 0 spiro atoms. The highest BCUT2D eigenvalue weighted by Crippen LogP contribution is 2.48. The van der Waals surface area contributed by atoms with E-state index in [1.807, 2.05) is 20.2 Å². The molecule has 2 heterocycles. The molecule has 3 rings (SSSR count). The van der Waals surface area contributed by atoms with E-state index >= 15 is 0 Å². The molecule has 7 nitrogen and oxygen atoms in total. The van der Waals surface area contributed by atoms with Gasteiger partial charge in [0.25, 0.3) is 0 Å². The summed E-state index contributed by atoms with van der Waals surface area (Å²) in [7, 11) is 1.83. The molecule has 7 heteroatoms. The number of aryl methyl sites for hydroxylation is 1. The van der Waals surface area contributed by atoms with Crippen molar-refractivity contribution in [2.45, 2.75) is 32.2 Å². The van der Waals surface area contributed by atoms with Gasteiger partial charge in [-0.15, -0.1) is 0 Å². The largest absolute Gasteiger partial charge is 0.481 e. The van der Waals surface area contributed by atoms with Crippen molar-refractivity contribution < 1.29 is 14.7 Å². The number of carboxylic acids is 1. The first-order valence-electron chi connectivity index (χ1n) is 7.70. The SMILES string of the molecule is CC(NC(=O)N1C[C@@H]2CCC[C@@]2(C(=O)O)C1)c1cnn(C)c1. The van der Waals surface area contributed by atoms with Crippen molar-refractivity contribution in [1.82, 2.24) is 20.0 Å². The van der Waals surface area contributed by atoms with Gasteiger partial charge in [-0.3, -0.25) is 9.48 Å². The Bertz CT molecular complexity index is 599. The van der Waals surface area contributed by atoms with E-state index in [4.69, 9.17) is 0 Å². The molecule has 22 heavy (non-hydrogen) atoms. The quantitative estimate of drug-likeness (QED) is 0.883. The summed E-state index contributed by atoms with van der Waals surface area (Å²) < 4.78 is 1.69. The summed E-state index contributed by atoms with van der Waals surface area (Å²) in [5, 5.41) is 16.6. The van der Waals surface area contributed by atoms with Gasteiger partial charge >= 0.3 is 12.0 Å². The molecule has 1 unspecified atom stereocenters. The predicted octanol–water partition coefficient (Wildman–Crippen LogP) is 1.38. The molecule has 1 aromatic rings. The van der Waals surface area contributed by atoms with Crippen LogP contribution in [0.15, 0.2) is 12.4 Å². The monoisotopic (exact) mass is 306 g/mol. The van der Waals surface area contributed by atoms with Gasteiger partial charge < -0.3 is 15.3 Å². The van der Waals surface area contributed by atoms with Crippen LogP contribution in [0.4, 0.5) is 4.79 Å². The van der Waals surface area contributed by atoms with E-state index < -0.39 is 11.4 Å². The van der Waals surface area contributed by atoms with Gasteiger partial charge in [-0.1, -0.05) is 6.42 Å². The van der Waals surface area contributed by atoms with Gasteiger partial charge in [0.2, 0.25) is 0 Å². The molecule has 0 radical (unpaired) electrons. The Labute approximate surface area is 129 Å². The summed E-state index contributed by atoms with van der Waals surface area (Å²) in [4.78, 5) is 25.7. The third-order valence-electron chi connectivity index (χ3n) is 5.15. The molecule has 0 aromatic carbocycles. The minimum atomic E-state index is -0.759. The number of rotatable bonds is 3. The second-order valence-electron chi connectivity index (χ2n) is 6.55. The predicted molar refractivity (Wildman–Crippen MR) is 79.1 cm³/mol. The van der Waals surface area contributed by atoms with Crippen molar-refractivity contribution in [3.05, 3.63) is 18.0 Å². The first-order valence-corrected chi connectivity index (χ1v) is 7.70. The average molecular weight is 306 g/mol. The van der Waals surface area contributed by atoms with Crippen molar-refractivity contribution in [1.29, 1.82) is 0 Å². The molecule has 1 saturated heterocycles. The Morgan fingerprint density at radius 1 is 1.55 bits per heavy atom. The molecule has 2 aliphatic rings. The van der Waals surface area contributed by atoms with Crippen LogP contribution in [0.1, 0.15) is 37.8 Å². The van der Waals surface area contributed by atoms with E-state index in [1.165, 1.54) is 0 Å². The number of hydrogen-bond acceptors (Lipinski definition) is 3. The lowest BCUT2D eigenvalue weighted by Gasteiger charge is -2.24. The maximum Gasteiger partial charge on any atom is 0.317 e. The van der Waals surface area contributed by atoms with Gasteiger partial charge in [0.05, 0.1) is 17.7 Å². The van der Waals surface area contributed by atoms with Crippen molar-refractivity contribution in [3.8, 4) is 0 Å². The first kappa shape index (κ1) is 14.9. The molecule has 1 aliphatic heterocycles. The van der Waals surface area contributed by atoms with Gasteiger partial charge in [-0.05, 0) is 25.7 Å². The number of urea groups is 1. The van der Waals surface area contributed by atoms with Gasteiger partial charge in [-0.2, -0.15) is 5.10 Å². The number of carbonyl (C=O) groups is 2. The smallest absolute Gasteiger partial charge is 0.317 e. The molecular weight excluding hydrogens is 284 g/mol. The molecule has 3 atom stereocenters. The second-order valence-corrected chi connectivity index (χ2v) is 6.55. The number of aromatic nitrogens is 2. The summed E-state index contributed by atoms with van der Waals surface area (Å²) in [6.45, 7) is 2.76. The highest BCUT2D eigenvalue weighted by Gasteiger charge is 2.55. The number of amides is 2. The Kier molecular flexibility index (Phi) is 3.58. The summed E-state index contributed by atoms with van der Waals surface area (Å²) in [5.41, 5.74) is 0.206. The summed E-state index contributed by atoms with van der Waals surface area (Å²) in [6, 6.07) is -0.339. The summed E-state index contributed by atoms with van der Waals surface area (Å²) in [6.07, 6.45) is 6.10. The van der Waals surface area contributed by atoms with Crippen LogP contribution in [0.3, 0.4) is 0 Å². The van der Waals surface area contributed by atoms with E-state index in [0.29, 0.717) is 19.5 Å². The molecule has 1 aliphatic carbocycles. The Hall–Kier alpha value is -2.05. The van der Waals surface area contributed by atoms with Crippen LogP contribution in [0, 0.1) is 11.3 Å². The number of nitrogens with zero attached hydrogens (tertiary/aromatic N) is 3. The summed E-state index contributed by atoms with van der Waals surface area (Å²) >= 11 is 0. The van der Waals surface area contributed by atoms with Crippen LogP contribution in [-0.4, -0.2) is 44.9 Å².